The fraction of sp³-hybridized carbons (Fsp3) is 0.381. The van der Waals surface area contributed by atoms with Gasteiger partial charge in [-0.2, -0.15) is 0 Å². The van der Waals surface area contributed by atoms with E-state index in [1.54, 1.807) is 19.2 Å². The molecule has 0 heterocycles. The number of halogens is 1. The number of hydrogen-bond donors (Lipinski definition) is 1. The van der Waals surface area contributed by atoms with Crippen molar-refractivity contribution in [1.29, 1.82) is 0 Å². The molecule has 0 saturated heterocycles. The van der Waals surface area contributed by atoms with E-state index >= 15 is 0 Å². The third-order valence-electron chi connectivity index (χ3n) is 4.62. The molecule has 0 aromatic heterocycles. The van der Waals surface area contributed by atoms with Gasteiger partial charge in [-0.3, -0.25) is 4.79 Å². The number of aryl methyl sites for hydroxylation is 1. The molecule has 0 radical (unpaired) electrons. The minimum absolute atomic E-state index is 0.0493. The SMILES string of the molecule is CCCOc1c(Br)cc(C(=O)N[C@H]2CCCc3ccccc32)cc1OC. The summed E-state index contributed by atoms with van der Waals surface area (Å²) >= 11 is 3.50. The lowest BCUT2D eigenvalue weighted by Gasteiger charge is -2.26. The van der Waals surface area contributed by atoms with Crippen LogP contribution in [0.5, 0.6) is 11.5 Å². The maximum Gasteiger partial charge on any atom is 0.251 e. The summed E-state index contributed by atoms with van der Waals surface area (Å²) in [5, 5.41) is 3.18. The molecule has 5 heteroatoms. The molecule has 26 heavy (non-hydrogen) atoms. The van der Waals surface area contributed by atoms with Crippen molar-refractivity contribution in [2.24, 2.45) is 0 Å². The molecule has 2 aromatic carbocycles. The molecule has 1 aliphatic carbocycles. The number of amides is 1. The molecule has 138 valence electrons. The molecule has 2 aromatic rings. The summed E-state index contributed by atoms with van der Waals surface area (Å²) < 4.78 is 11.9. The minimum atomic E-state index is -0.104. The summed E-state index contributed by atoms with van der Waals surface area (Å²) in [6, 6.07) is 11.9. The van der Waals surface area contributed by atoms with Gasteiger partial charge in [0.2, 0.25) is 0 Å². The second-order valence-corrected chi connectivity index (χ2v) is 7.31. The van der Waals surface area contributed by atoms with Gasteiger partial charge in [-0.15, -0.1) is 0 Å². The highest BCUT2D eigenvalue weighted by atomic mass is 79.9. The van der Waals surface area contributed by atoms with Gasteiger partial charge in [0.05, 0.1) is 24.2 Å². The molecular formula is C21H24BrNO3. The Hall–Kier alpha value is -2.01. The molecule has 1 N–H and O–H groups in total. The van der Waals surface area contributed by atoms with Gasteiger partial charge in [0.15, 0.2) is 11.5 Å². The Morgan fingerprint density at radius 3 is 2.88 bits per heavy atom. The second kappa shape index (κ2) is 8.58. The average Bonchev–Trinajstić information content (AvgIpc) is 2.66. The Morgan fingerprint density at radius 1 is 1.31 bits per heavy atom. The van der Waals surface area contributed by atoms with Crippen LogP contribution < -0.4 is 14.8 Å². The smallest absolute Gasteiger partial charge is 0.251 e. The van der Waals surface area contributed by atoms with Crippen LogP contribution in [0.2, 0.25) is 0 Å². The Kier molecular flexibility index (Phi) is 6.20. The molecular weight excluding hydrogens is 394 g/mol. The van der Waals surface area contributed by atoms with E-state index in [-0.39, 0.29) is 11.9 Å². The van der Waals surface area contributed by atoms with E-state index in [1.807, 2.05) is 13.0 Å². The molecule has 1 atom stereocenters. The van der Waals surface area contributed by atoms with Crippen LogP contribution in [0.4, 0.5) is 0 Å². The Labute approximate surface area is 163 Å². The number of carbonyl (C=O) groups is 1. The van der Waals surface area contributed by atoms with Crippen LogP contribution in [0.25, 0.3) is 0 Å². The van der Waals surface area contributed by atoms with Crippen LogP contribution in [-0.4, -0.2) is 19.6 Å². The van der Waals surface area contributed by atoms with Crippen LogP contribution >= 0.6 is 15.9 Å². The molecule has 1 aliphatic rings. The molecule has 0 fully saturated rings. The topological polar surface area (TPSA) is 47.6 Å². The number of hydrogen-bond acceptors (Lipinski definition) is 3. The molecule has 0 saturated carbocycles. The van der Waals surface area contributed by atoms with E-state index in [1.165, 1.54) is 11.1 Å². The van der Waals surface area contributed by atoms with E-state index in [2.05, 4.69) is 39.4 Å². The second-order valence-electron chi connectivity index (χ2n) is 6.46. The zero-order valence-corrected chi connectivity index (χ0v) is 16.8. The molecule has 3 rings (SSSR count). The predicted molar refractivity (Wildman–Crippen MR) is 106 cm³/mol. The van der Waals surface area contributed by atoms with Crippen molar-refractivity contribution in [1.82, 2.24) is 5.32 Å². The molecule has 0 spiro atoms. The molecule has 0 unspecified atom stereocenters. The van der Waals surface area contributed by atoms with E-state index in [9.17, 15) is 4.79 Å². The largest absolute Gasteiger partial charge is 0.493 e. The fourth-order valence-electron chi connectivity index (χ4n) is 3.34. The Morgan fingerprint density at radius 2 is 2.12 bits per heavy atom. The van der Waals surface area contributed by atoms with Gasteiger partial charge in [-0.05, 0) is 64.9 Å². The minimum Gasteiger partial charge on any atom is -0.493 e. The van der Waals surface area contributed by atoms with Crippen molar-refractivity contribution in [3.8, 4) is 11.5 Å². The molecule has 1 amide bonds. The van der Waals surface area contributed by atoms with Crippen molar-refractivity contribution in [3.63, 3.8) is 0 Å². The van der Waals surface area contributed by atoms with Gasteiger partial charge in [-0.25, -0.2) is 0 Å². The van der Waals surface area contributed by atoms with Gasteiger partial charge >= 0.3 is 0 Å². The number of rotatable bonds is 6. The fourth-order valence-corrected chi connectivity index (χ4v) is 3.90. The van der Waals surface area contributed by atoms with Crippen LogP contribution in [0.3, 0.4) is 0 Å². The Balaban J connectivity index is 1.81. The normalized spacial score (nSPS) is 15.9. The molecule has 0 bridgehead atoms. The first-order valence-corrected chi connectivity index (χ1v) is 9.82. The monoisotopic (exact) mass is 417 g/mol. The van der Waals surface area contributed by atoms with Crippen LogP contribution in [-0.2, 0) is 6.42 Å². The van der Waals surface area contributed by atoms with Crippen LogP contribution in [0, 0.1) is 0 Å². The number of nitrogens with one attached hydrogen (secondary N) is 1. The van der Waals surface area contributed by atoms with Gasteiger partial charge in [0, 0.05) is 5.56 Å². The lowest BCUT2D eigenvalue weighted by molar-refractivity contribution is 0.0932. The van der Waals surface area contributed by atoms with E-state index in [0.717, 1.165) is 30.2 Å². The Bertz CT molecular complexity index is 791. The maximum absolute atomic E-state index is 12.8. The van der Waals surface area contributed by atoms with Crippen LogP contribution in [0.15, 0.2) is 40.9 Å². The number of fused-ring (bicyclic) bond motifs is 1. The van der Waals surface area contributed by atoms with Crippen LogP contribution in [0.1, 0.15) is 53.7 Å². The average molecular weight is 418 g/mol. The third-order valence-corrected chi connectivity index (χ3v) is 5.21. The first kappa shape index (κ1) is 18.8. The summed E-state index contributed by atoms with van der Waals surface area (Å²) in [5.41, 5.74) is 3.10. The lowest BCUT2D eigenvalue weighted by atomic mass is 9.87. The highest BCUT2D eigenvalue weighted by molar-refractivity contribution is 9.10. The number of benzene rings is 2. The zero-order valence-electron chi connectivity index (χ0n) is 15.2. The van der Waals surface area contributed by atoms with E-state index < -0.39 is 0 Å². The van der Waals surface area contributed by atoms with Gasteiger partial charge < -0.3 is 14.8 Å². The van der Waals surface area contributed by atoms with Crippen molar-refractivity contribution < 1.29 is 14.3 Å². The quantitative estimate of drug-likeness (QED) is 0.714. The standard InChI is InChI=1S/C21H24BrNO3/c1-3-11-26-20-17(22)12-15(13-19(20)25-2)21(24)23-18-10-6-8-14-7-4-5-9-16(14)18/h4-5,7,9,12-13,18H,3,6,8,10-11H2,1-2H3,(H,23,24)/t18-/m0/s1. The van der Waals surface area contributed by atoms with Gasteiger partial charge in [0.1, 0.15) is 0 Å². The molecule has 0 aliphatic heterocycles. The number of ether oxygens (including phenoxy) is 2. The van der Waals surface area contributed by atoms with Crippen molar-refractivity contribution in [2.75, 3.05) is 13.7 Å². The highest BCUT2D eigenvalue weighted by Crippen LogP contribution is 2.37. The zero-order chi connectivity index (χ0) is 18.5. The number of carbonyl (C=O) groups excluding carboxylic acids is 1. The lowest BCUT2D eigenvalue weighted by Crippen LogP contribution is -2.31. The first-order valence-electron chi connectivity index (χ1n) is 9.03. The van der Waals surface area contributed by atoms with Crippen molar-refractivity contribution in [3.05, 3.63) is 57.6 Å². The maximum atomic E-state index is 12.8. The number of methoxy groups -OCH3 is 1. The summed E-state index contributed by atoms with van der Waals surface area (Å²) in [6.07, 6.45) is 4.02. The first-order chi connectivity index (χ1) is 12.6. The summed E-state index contributed by atoms with van der Waals surface area (Å²) in [7, 11) is 1.58. The predicted octanol–water partition coefficient (Wildman–Crippen LogP) is 5.05. The van der Waals surface area contributed by atoms with Gasteiger partial charge in [-0.1, -0.05) is 31.2 Å². The van der Waals surface area contributed by atoms with Gasteiger partial charge in [0.25, 0.3) is 5.91 Å². The highest BCUT2D eigenvalue weighted by Gasteiger charge is 2.23. The summed E-state index contributed by atoms with van der Waals surface area (Å²) in [5.74, 6) is 1.09. The summed E-state index contributed by atoms with van der Waals surface area (Å²) in [4.78, 5) is 12.8. The summed E-state index contributed by atoms with van der Waals surface area (Å²) in [6.45, 7) is 2.64. The van der Waals surface area contributed by atoms with Crippen molar-refractivity contribution in [2.45, 2.75) is 38.6 Å². The van der Waals surface area contributed by atoms with E-state index in [4.69, 9.17) is 9.47 Å². The van der Waals surface area contributed by atoms with Crippen molar-refractivity contribution >= 4 is 21.8 Å². The third kappa shape index (κ3) is 4.04. The molecule has 4 nitrogen and oxygen atoms in total. The van der Waals surface area contributed by atoms with E-state index in [0.29, 0.717) is 23.7 Å².